The fourth-order valence-electron chi connectivity index (χ4n) is 7.62. The molecule has 4 saturated carbocycles. The topological polar surface area (TPSA) is 43.4 Å². The van der Waals surface area contributed by atoms with Crippen molar-refractivity contribution < 1.29 is 25.8 Å². The zero-order valence-electron chi connectivity index (χ0n) is 19.7. The van der Waals surface area contributed by atoms with E-state index in [9.17, 15) is 21.6 Å². The van der Waals surface area contributed by atoms with Gasteiger partial charge in [0.25, 0.3) is 0 Å². The zero-order chi connectivity index (χ0) is 25.2. The smallest absolute Gasteiger partial charge is 0.376 e. The van der Waals surface area contributed by atoms with E-state index in [1.165, 1.54) is 48.1 Å². The molecular weight excluding hydrogens is 485 g/mol. The lowest BCUT2D eigenvalue weighted by Gasteiger charge is -2.62. The third-order valence-electron chi connectivity index (χ3n) is 8.62. The van der Waals surface area contributed by atoms with Crippen molar-refractivity contribution in [2.45, 2.75) is 54.9 Å². The summed E-state index contributed by atoms with van der Waals surface area (Å²) in [5.74, 6) is 0.912. The third kappa shape index (κ3) is 3.92. The van der Waals surface area contributed by atoms with Crippen LogP contribution in [0.5, 0.6) is 5.75 Å². The van der Waals surface area contributed by atoms with Crippen molar-refractivity contribution in [3.8, 4) is 16.9 Å². The van der Waals surface area contributed by atoms with Gasteiger partial charge in [0.05, 0.1) is 0 Å². The molecule has 7 heteroatoms. The molecule has 4 aliphatic carbocycles. The number of benzene rings is 3. The molecule has 0 saturated heterocycles. The third-order valence-corrected chi connectivity index (χ3v) is 9.60. The minimum atomic E-state index is -5.68. The monoisotopic (exact) mass is 512 g/mol. The molecule has 0 aliphatic heterocycles. The van der Waals surface area contributed by atoms with Crippen molar-refractivity contribution in [1.29, 1.82) is 0 Å². The maximum atomic E-state index is 12.7. The van der Waals surface area contributed by atoms with Crippen molar-refractivity contribution >= 4 is 10.1 Å². The summed E-state index contributed by atoms with van der Waals surface area (Å²) in [6.45, 7) is 0. The molecule has 0 aromatic heterocycles. The molecule has 0 amide bonds. The molecule has 4 bridgehead atoms. The maximum Gasteiger partial charge on any atom is 0.534 e. The summed E-state index contributed by atoms with van der Waals surface area (Å²) < 4.78 is 65.3. The van der Waals surface area contributed by atoms with E-state index >= 15 is 0 Å². The summed E-state index contributed by atoms with van der Waals surface area (Å²) in [6, 6.07) is 25.6. The van der Waals surface area contributed by atoms with E-state index < -0.39 is 15.6 Å². The molecule has 4 fully saturated rings. The quantitative estimate of drug-likeness (QED) is 0.265. The highest BCUT2D eigenvalue weighted by molar-refractivity contribution is 7.88. The van der Waals surface area contributed by atoms with Crippen molar-refractivity contribution in [1.82, 2.24) is 0 Å². The van der Waals surface area contributed by atoms with E-state index in [-0.39, 0.29) is 16.6 Å². The van der Waals surface area contributed by atoms with E-state index in [1.54, 1.807) is 12.1 Å². The highest BCUT2D eigenvalue weighted by atomic mass is 32.2. The molecule has 0 heterocycles. The number of halogens is 3. The Hall–Kier alpha value is -2.80. The van der Waals surface area contributed by atoms with Gasteiger partial charge in [-0.1, -0.05) is 66.7 Å². The lowest BCUT2D eigenvalue weighted by molar-refractivity contribution is -0.0500. The van der Waals surface area contributed by atoms with E-state index in [0.717, 1.165) is 24.8 Å². The number of hydrogen-bond donors (Lipinski definition) is 0. The Morgan fingerprint density at radius 3 is 1.67 bits per heavy atom. The van der Waals surface area contributed by atoms with Gasteiger partial charge in [-0.15, -0.1) is 0 Å². The van der Waals surface area contributed by atoms with Crippen LogP contribution in [0.3, 0.4) is 0 Å². The summed E-state index contributed by atoms with van der Waals surface area (Å²) in [7, 11) is -5.68. The Labute approximate surface area is 209 Å². The van der Waals surface area contributed by atoms with Crippen LogP contribution >= 0.6 is 0 Å². The van der Waals surface area contributed by atoms with E-state index in [1.807, 2.05) is 18.2 Å². The van der Waals surface area contributed by atoms with Crippen LogP contribution < -0.4 is 4.18 Å². The maximum absolute atomic E-state index is 12.7. The molecule has 2 unspecified atom stereocenters. The van der Waals surface area contributed by atoms with Crippen molar-refractivity contribution in [3.05, 3.63) is 90.0 Å². The van der Waals surface area contributed by atoms with Gasteiger partial charge in [-0.05, 0) is 95.6 Å². The average Bonchev–Trinajstić information content (AvgIpc) is 2.83. The molecule has 0 radical (unpaired) electrons. The largest absolute Gasteiger partial charge is 0.534 e. The van der Waals surface area contributed by atoms with Crippen LogP contribution in [-0.4, -0.2) is 13.9 Å². The molecule has 3 nitrogen and oxygen atoms in total. The lowest BCUT2D eigenvalue weighted by atomic mass is 9.42. The predicted molar refractivity (Wildman–Crippen MR) is 132 cm³/mol. The average molecular weight is 513 g/mol. The summed E-state index contributed by atoms with van der Waals surface area (Å²) in [5.41, 5.74) is -0.578. The van der Waals surface area contributed by atoms with Gasteiger partial charge in [0.2, 0.25) is 0 Å². The second kappa shape index (κ2) is 8.10. The predicted octanol–water partition coefficient (Wildman–Crippen LogP) is 7.37. The normalized spacial score (nSPS) is 29.3. The minimum absolute atomic E-state index is 0.0520. The van der Waals surface area contributed by atoms with Crippen LogP contribution in [0.2, 0.25) is 0 Å². The van der Waals surface area contributed by atoms with Crippen LogP contribution in [-0.2, 0) is 20.9 Å². The fourth-order valence-corrected chi connectivity index (χ4v) is 8.08. The van der Waals surface area contributed by atoms with Crippen LogP contribution in [0.4, 0.5) is 13.2 Å². The van der Waals surface area contributed by atoms with Gasteiger partial charge in [0.15, 0.2) is 0 Å². The summed E-state index contributed by atoms with van der Waals surface area (Å²) in [5, 5.41) is 0. The minimum Gasteiger partial charge on any atom is -0.376 e. The number of hydrogen-bond acceptors (Lipinski definition) is 3. The van der Waals surface area contributed by atoms with Gasteiger partial charge >= 0.3 is 15.6 Å². The molecule has 2 atom stereocenters. The molecule has 3 aromatic carbocycles. The molecule has 36 heavy (non-hydrogen) atoms. The standard InChI is InChI=1S/C29H27F3O3S/c30-29(31,32)36(33,34)35-26-12-10-25(11-13-26)28-17-20-14-21(18-28)16-27(15-20,19-28)24-8-6-23(7-9-24)22-4-2-1-3-5-22/h1-13,20-21H,14-19H2. The van der Waals surface area contributed by atoms with Crippen molar-refractivity contribution in [2.75, 3.05) is 0 Å². The first kappa shape index (κ1) is 23.6. The van der Waals surface area contributed by atoms with Crippen LogP contribution in [0.15, 0.2) is 78.9 Å². The summed E-state index contributed by atoms with van der Waals surface area (Å²) in [6.07, 6.45) is 6.69. The van der Waals surface area contributed by atoms with Crippen LogP contribution in [0.1, 0.15) is 49.7 Å². The van der Waals surface area contributed by atoms with Gasteiger partial charge in [0, 0.05) is 0 Å². The first-order chi connectivity index (χ1) is 17.1. The van der Waals surface area contributed by atoms with Gasteiger partial charge in [-0.25, -0.2) is 0 Å². The summed E-state index contributed by atoms with van der Waals surface area (Å²) in [4.78, 5) is 0. The highest BCUT2D eigenvalue weighted by Crippen LogP contribution is 2.66. The summed E-state index contributed by atoms with van der Waals surface area (Å²) >= 11 is 0. The molecule has 0 N–H and O–H groups in total. The Balaban J connectivity index is 1.29. The van der Waals surface area contributed by atoms with Gasteiger partial charge in [-0.3, -0.25) is 0 Å². The van der Waals surface area contributed by atoms with E-state index in [0.29, 0.717) is 11.8 Å². The number of alkyl halides is 3. The Bertz CT molecular complexity index is 1350. The Kier molecular flexibility index (Phi) is 5.31. The van der Waals surface area contributed by atoms with Gasteiger partial charge < -0.3 is 4.18 Å². The van der Waals surface area contributed by atoms with Crippen LogP contribution in [0.25, 0.3) is 11.1 Å². The molecule has 0 spiro atoms. The zero-order valence-corrected chi connectivity index (χ0v) is 20.5. The van der Waals surface area contributed by atoms with Crippen molar-refractivity contribution in [2.24, 2.45) is 11.8 Å². The molecular formula is C29H27F3O3S. The van der Waals surface area contributed by atoms with Crippen LogP contribution in [0, 0.1) is 11.8 Å². The molecule has 188 valence electrons. The lowest BCUT2D eigenvalue weighted by Crippen LogP contribution is -2.55. The Morgan fingerprint density at radius 2 is 1.17 bits per heavy atom. The first-order valence-electron chi connectivity index (χ1n) is 12.3. The molecule has 4 aliphatic rings. The van der Waals surface area contributed by atoms with E-state index in [2.05, 4.69) is 40.6 Å². The van der Waals surface area contributed by atoms with Gasteiger partial charge in [0.1, 0.15) is 5.75 Å². The number of rotatable bonds is 5. The second-order valence-electron chi connectivity index (χ2n) is 11.0. The molecule has 7 rings (SSSR count). The second-order valence-corrected chi connectivity index (χ2v) is 12.5. The van der Waals surface area contributed by atoms with E-state index in [4.69, 9.17) is 0 Å². The first-order valence-corrected chi connectivity index (χ1v) is 13.8. The van der Waals surface area contributed by atoms with Gasteiger partial charge in [-0.2, -0.15) is 21.6 Å². The van der Waals surface area contributed by atoms with Crippen molar-refractivity contribution in [3.63, 3.8) is 0 Å². The highest BCUT2D eigenvalue weighted by Gasteiger charge is 2.58. The fraction of sp³-hybridized carbons (Fsp3) is 0.379. The molecule has 3 aromatic rings. The SMILES string of the molecule is O=S(=O)(Oc1ccc(C23CC4CC(C2)CC(c2ccc(-c5ccccc5)cc2)(C4)C3)cc1)C(F)(F)F. The Morgan fingerprint density at radius 1 is 0.694 bits per heavy atom.